The van der Waals surface area contributed by atoms with E-state index in [0.717, 1.165) is 5.56 Å². The van der Waals surface area contributed by atoms with Crippen molar-refractivity contribution in [2.75, 3.05) is 5.32 Å². The first-order valence-electron chi connectivity index (χ1n) is 5.72. The third kappa shape index (κ3) is 2.52. The molecule has 2 heterocycles. The van der Waals surface area contributed by atoms with Crippen LogP contribution in [0.2, 0.25) is 0 Å². The number of nitrogens with zero attached hydrogens (tertiary/aromatic N) is 2. The van der Waals surface area contributed by atoms with E-state index >= 15 is 0 Å². The van der Waals surface area contributed by atoms with Crippen LogP contribution in [0.1, 0.15) is 26.5 Å². The Morgan fingerprint density at radius 3 is 2.21 bits per heavy atom. The predicted octanol–water partition coefficient (Wildman–Crippen LogP) is 1.62. The fourth-order valence-corrected chi connectivity index (χ4v) is 2.00. The number of carbonyl (C=O) groups is 2. The zero-order valence-corrected chi connectivity index (χ0v) is 11.0. The van der Waals surface area contributed by atoms with Crippen molar-refractivity contribution in [2.24, 2.45) is 14.1 Å². The minimum absolute atomic E-state index is 0.123. The molecule has 2 rings (SSSR count). The van der Waals surface area contributed by atoms with Crippen LogP contribution in [0.4, 0.5) is 5.69 Å². The van der Waals surface area contributed by atoms with Crippen molar-refractivity contribution in [1.82, 2.24) is 9.13 Å². The third-order valence-electron chi connectivity index (χ3n) is 2.86. The van der Waals surface area contributed by atoms with E-state index in [-0.39, 0.29) is 11.6 Å². The summed E-state index contributed by atoms with van der Waals surface area (Å²) in [6.07, 6.45) is 3.42. The van der Waals surface area contributed by atoms with Crippen molar-refractivity contribution in [3.63, 3.8) is 0 Å². The smallest absolute Gasteiger partial charge is 0.352 e. The quantitative estimate of drug-likeness (QED) is 0.881. The van der Waals surface area contributed by atoms with Crippen molar-refractivity contribution in [3.05, 3.63) is 41.5 Å². The summed E-state index contributed by atoms with van der Waals surface area (Å²) in [7, 11) is 3.40. The van der Waals surface area contributed by atoms with Crippen LogP contribution in [0.25, 0.3) is 0 Å². The molecular weight excluding hydrogens is 246 g/mol. The van der Waals surface area contributed by atoms with E-state index in [1.165, 1.54) is 10.6 Å². The van der Waals surface area contributed by atoms with Crippen molar-refractivity contribution in [3.8, 4) is 0 Å². The van der Waals surface area contributed by atoms with Gasteiger partial charge in [-0.25, -0.2) is 4.79 Å². The molecule has 0 spiro atoms. The predicted molar refractivity (Wildman–Crippen MR) is 70.5 cm³/mol. The number of aryl methyl sites for hydroxylation is 3. The number of aromatic nitrogens is 2. The van der Waals surface area contributed by atoms with Crippen molar-refractivity contribution >= 4 is 17.6 Å². The number of carboxylic acid groups (broad SMARTS) is 1. The Morgan fingerprint density at radius 2 is 1.74 bits per heavy atom. The Kier molecular flexibility index (Phi) is 3.16. The number of aromatic carboxylic acids is 1. The van der Waals surface area contributed by atoms with Crippen LogP contribution in [0, 0.1) is 6.92 Å². The lowest BCUT2D eigenvalue weighted by Gasteiger charge is -2.03. The number of anilines is 1. The highest BCUT2D eigenvalue weighted by Crippen LogP contribution is 2.15. The lowest BCUT2D eigenvalue weighted by atomic mass is 10.3. The second-order valence-corrected chi connectivity index (χ2v) is 4.50. The molecular formula is C13H15N3O3. The SMILES string of the molecule is Cc1cc(C(=O)Nc2cc(C(=O)O)n(C)c2)n(C)c1. The first kappa shape index (κ1) is 12.9. The summed E-state index contributed by atoms with van der Waals surface area (Å²) in [6.45, 7) is 1.90. The van der Waals surface area contributed by atoms with E-state index in [2.05, 4.69) is 5.32 Å². The first-order valence-corrected chi connectivity index (χ1v) is 5.72. The molecule has 0 aliphatic rings. The third-order valence-corrected chi connectivity index (χ3v) is 2.86. The molecule has 6 nitrogen and oxygen atoms in total. The van der Waals surface area contributed by atoms with Crippen molar-refractivity contribution in [2.45, 2.75) is 6.92 Å². The zero-order chi connectivity index (χ0) is 14.2. The molecule has 0 aromatic carbocycles. The highest BCUT2D eigenvalue weighted by Gasteiger charge is 2.14. The summed E-state index contributed by atoms with van der Waals surface area (Å²) >= 11 is 0. The minimum Gasteiger partial charge on any atom is -0.477 e. The largest absolute Gasteiger partial charge is 0.477 e. The number of carbonyl (C=O) groups excluding carboxylic acids is 1. The molecule has 19 heavy (non-hydrogen) atoms. The molecule has 100 valence electrons. The number of amides is 1. The Labute approximate surface area is 110 Å². The van der Waals surface area contributed by atoms with Gasteiger partial charge in [0.2, 0.25) is 0 Å². The second kappa shape index (κ2) is 4.64. The molecule has 2 N–H and O–H groups in total. The minimum atomic E-state index is -1.03. The fraction of sp³-hybridized carbons (Fsp3) is 0.231. The maximum atomic E-state index is 12.1. The van der Waals surface area contributed by atoms with Gasteiger partial charge in [-0.15, -0.1) is 0 Å². The fourth-order valence-electron chi connectivity index (χ4n) is 2.00. The monoisotopic (exact) mass is 261 g/mol. The molecule has 2 aromatic heterocycles. The van der Waals surface area contributed by atoms with Gasteiger partial charge in [0.1, 0.15) is 11.4 Å². The molecule has 6 heteroatoms. The zero-order valence-electron chi connectivity index (χ0n) is 11.0. The molecule has 2 aromatic rings. The van der Waals surface area contributed by atoms with Crippen LogP contribution in [0.5, 0.6) is 0 Å². The Morgan fingerprint density at radius 1 is 1.11 bits per heavy atom. The van der Waals surface area contributed by atoms with Gasteiger partial charge in [0, 0.05) is 26.5 Å². The molecule has 0 bridgehead atoms. The molecule has 0 aliphatic heterocycles. The van der Waals surface area contributed by atoms with Gasteiger partial charge in [-0.2, -0.15) is 0 Å². The topological polar surface area (TPSA) is 76.3 Å². The lowest BCUT2D eigenvalue weighted by molar-refractivity contribution is 0.0686. The first-order chi connectivity index (χ1) is 8.88. The number of carboxylic acids is 1. The van der Waals surface area contributed by atoms with Gasteiger partial charge in [-0.1, -0.05) is 0 Å². The van der Waals surface area contributed by atoms with Gasteiger partial charge in [-0.05, 0) is 24.6 Å². The molecule has 0 aliphatic carbocycles. The van der Waals surface area contributed by atoms with E-state index in [0.29, 0.717) is 11.4 Å². The van der Waals surface area contributed by atoms with Crippen molar-refractivity contribution in [1.29, 1.82) is 0 Å². The van der Waals surface area contributed by atoms with Crippen LogP contribution in [0.3, 0.4) is 0 Å². The van der Waals surface area contributed by atoms with E-state index in [1.807, 2.05) is 13.1 Å². The molecule has 0 saturated carbocycles. The summed E-state index contributed by atoms with van der Waals surface area (Å²) in [5, 5.41) is 11.6. The van der Waals surface area contributed by atoms with Gasteiger partial charge >= 0.3 is 5.97 Å². The highest BCUT2D eigenvalue weighted by molar-refractivity contribution is 6.04. The highest BCUT2D eigenvalue weighted by atomic mass is 16.4. The maximum Gasteiger partial charge on any atom is 0.352 e. The van der Waals surface area contributed by atoms with E-state index in [1.54, 1.807) is 30.9 Å². The van der Waals surface area contributed by atoms with Gasteiger partial charge in [-0.3, -0.25) is 4.79 Å². The maximum absolute atomic E-state index is 12.1. The molecule has 0 radical (unpaired) electrons. The van der Waals surface area contributed by atoms with Gasteiger partial charge in [0.05, 0.1) is 5.69 Å². The standard InChI is InChI=1S/C13H15N3O3/c1-8-4-10(15(2)6-8)12(17)14-9-5-11(13(18)19)16(3)7-9/h4-7H,1-3H3,(H,14,17)(H,18,19). The van der Waals surface area contributed by atoms with E-state index in [4.69, 9.17) is 5.11 Å². The Balaban J connectivity index is 2.22. The average molecular weight is 261 g/mol. The number of nitrogens with one attached hydrogen (secondary N) is 1. The Bertz CT molecular complexity index is 652. The number of hydrogen-bond acceptors (Lipinski definition) is 2. The summed E-state index contributed by atoms with van der Waals surface area (Å²) in [6, 6.07) is 3.20. The van der Waals surface area contributed by atoms with Crippen LogP contribution >= 0.6 is 0 Å². The second-order valence-electron chi connectivity index (χ2n) is 4.50. The van der Waals surface area contributed by atoms with Crippen LogP contribution in [0.15, 0.2) is 24.5 Å². The van der Waals surface area contributed by atoms with Crippen molar-refractivity contribution < 1.29 is 14.7 Å². The van der Waals surface area contributed by atoms with Gasteiger partial charge in [0.15, 0.2) is 0 Å². The normalized spacial score (nSPS) is 10.5. The van der Waals surface area contributed by atoms with Gasteiger partial charge < -0.3 is 19.6 Å². The lowest BCUT2D eigenvalue weighted by Crippen LogP contribution is -2.14. The molecule has 0 fully saturated rings. The number of hydrogen-bond donors (Lipinski definition) is 2. The molecule has 1 amide bonds. The average Bonchev–Trinajstić information content (AvgIpc) is 2.81. The molecule has 0 unspecified atom stereocenters. The summed E-state index contributed by atoms with van der Waals surface area (Å²) in [5.74, 6) is -1.30. The van der Waals surface area contributed by atoms with Gasteiger partial charge in [0.25, 0.3) is 5.91 Å². The Hall–Kier alpha value is -2.50. The van der Waals surface area contributed by atoms with Crippen LogP contribution in [-0.2, 0) is 14.1 Å². The molecule has 0 atom stereocenters. The summed E-state index contributed by atoms with van der Waals surface area (Å²) < 4.78 is 3.18. The number of rotatable bonds is 3. The molecule has 0 saturated heterocycles. The van der Waals surface area contributed by atoms with Crippen LogP contribution < -0.4 is 5.32 Å². The summed E-state index contributed by atoms with van der Waals surface area (Å²) in [4.78, 5) is 23.0. The van der Waals surface area contributed by atoms with Crippen LogP contribution in [-0.4, -0.2) is 26.1 Å². The van der Waals surface area contributed by atoms with E-state index in [9.17, 15) is 9.59 Å². The summed E-state index contributed by atoms with van der Waals surface area (Å²) in [5.41, 5.74) is 2.10. The van der Waals surface area contributed by atoms with E-state index < -0.39 is 5.97 Å².